The fourth-order valence-corrected chi connectivity index (χ4v) is 2.23. The molecule has 0 aromatic carbocycles. The largest absolute Gasteiger partial charge is 0.435 e. The lowest BCUT2D eigenvalue weighted by molar-refractivity contribution is -0.142. The molecule has 1 N–H and O–H groups in total. The summed E-state index contributed by atoms with van der Waals surface area (Å²) in [5, 5.41) is 6.30. The zero-order valence-electron chi connectivity index (χ0n) is 12.6. The van der Waals surface area contributed by atoms with Crippen LogP contribution in [0.4, 0.5) is 13.2 Å². The van der Waals surface area contributed by atoms with Gasteiger partial charge < -0.3 is 10.1 Å². The molecule has 1 atom stereocenters. The minimum atomic E-state index is -4.50. The van der Waals surface area contributed by atoms with E-state index in [2.05, 4.69) is 10.4 Å². The Morgan fingerprint density at radius 2 is 2.23 bits per heavy atom. The molecule has 2 rings (SSSR count). The molecule has 1 aliphatic rings. The van der Waals surface area contributed by atoms with Crippen molar-refractivity contribution in [2.24, 2.45) is 0 Å². The van der Waals surface area contributed by atoms with Gasteiger partial charge in [-0.25, -0.2) is 0 Å². The van der Waals surface area contributed by atoms with Gasteiger partial charge in [-0.3, -0.25) is 9.48 Å². The number of carbonyl (C=O) groups is 1. The number of aromatic nitrogens is 2. The maximum atomic E-state index is 12.8. The highest BCUT2D eigenvalue weighted by molar-refractivity contribution is 5.79. The number of halogens is 3. The fraction of sp³-hybridized carbons (Fsp3) is 0.714. The van der Waals surface area contributed by atoms with Crippen LogP contribution in [0.2, 0.25) is 0 Å². The Bertz CT molecular complexity index is 524. The maximum absolute atomic E-state index is 12.8. The molecule has 1 heterocycles. The van der Waals surface area contributed by atoms with E-state index in [1.54, 1.807) is 14.0 Å². The number of rotatable bonds is 7. The van der Waals surface area contributed by atoms with E-state index in [0.29, 0.717) is 25.3 Å². The Kier molecular flexibility index (Phi) is 5.10. The summed E-state index contributed by atoms with van der Waals surface area (Å²) in [5.74, 6) is -0.262. The van der Waals surface area contributed by atoms with E-state index in [-0.39, 0.29) is 11.8 Å². The number of methoxy groups -OCH3 is 1. The lowest BCUT2D eigenvalue weighted by Crippen LogP contribution is -2.33. The van der Waals surface area contributed by atoms with Crippen molar-refractivity contribution in [3.05, 3.63) is 17.5 Å². The second-order valence-electron chi connectivity index (χ2n) is 5.48. The summed E-state index contributed by atoms with van der Waals surface area (Å²) in [4.78, 5) is 12.1. The predicted octanol–water partition coefficient (Wildman–Crippen LogP) is 2.49. The van der Waals surface area contributed by atoms with Gasteiger partial charge in [0.15, 0.2) is 5.69 Å². The molecule has 1 aromatic rings. The number of hydrogen-bond acceptors (Lipinski definition) is 3. The SMILES string of the molecule is COCCCNC(=O)C(C)n1nc(C(F)(F)F)cc1C1CC1. The van der Waals surface area contributed by atoms with Crippen molar-refractivity contribution in [3.8, 4) is 0 Å². The molecule has 22 heavy (non-hydrogen) atoms. The summed E-state index contributed by atoms with van der Waals surface area (Å²) in [7, 11) is 1.56. The standard InChI is InChI=1S/C14H20F3N3O2/c1-9(13(21)18-6-3-7-22-2)20-11(10-4-5-10)8-12(19-20)14(15,16)17/h8-10H,3-7H2,1-2H3,(H,18,21). The molecular weight excluding hydrogens is 299 g/mol. The first kappa shape index (κ1) is 16.8. The van der Waals surface area contributed by atoms with E-state index >= 15 is 0 Å². The van der Waals surface area contributed by atoms with Crippen molar-refractivity contribution in [2.75, 3.05) is 20.3 Å². The average Bonchev–Trinajstić information content (AvgIpc) is 3.19. The van der Waals surface area contributed by atoms with Gasteiger partial charge in [0.2, 0.25) is 5.91 Å². The fourth-order valence-electron chi connectivity index (χ4n) is 2.23. The van der Waals surface area contributed by atoms with Crippen LogP contribution in [-0.4, -0.2) is 35.9 Å². The summed E-state index contributed by atoms with van der Waals surface area (Å²) in [6.07, 6.45) is -2.17. The number of ether oxygens (including phenoxy) is 1. The van der Waals surface area contributed by atoms with Crippen molar-refractivity contribution < 1.29 is 22.7 Å². The number of amides is 1. The third kappa shape index (κ3) is 4.00. The van der Waals surface area contributed by atoms with Crippen LogP contribution in [-0.2, 0) is 15.7 Å². The molecule has 1 fully saturated rings. The van der Waals surface area contributed by atoms with Crippen molar-refractivity contribution in [1.29, 1.82) is 0 Å². The quantitative estimate of drug-likeness (QED) is 0.786. The minimum absolute atomic E-state index is 0.0762. The molecule has 124 valence electrons. The first-order valence-electron chi connectivity index (χ1n) is 7.28. The summed E-state index contributed by atoms with van der Waals surface area (Å²) in [6, 6.07) is 0.293. The minimum Gasteiger partial charge on any atom is -0.385 e. The Labute approximate surface area is 126 Å². The Hall–Kier alpha value is -1.57. The molecule has 1 saturated carbocycles. The zero-order chi connectivity index (χ0) is 16.3. The number of nitrogens with zero attached hydrogens (tertiary/aromatic N) is 2. The second kappa shape index (κ2) is 6.68. The molecule has 5 nitrogen and oxygen atoms in total. The topological polar surface area (TPSA) is 56.1 Å². The molecule has 8 heteroatoms. The highest BCUT2D eigenvalue weighted by Gasteiger charge is 2.39. The third-order valence-corrected chi connectivity index (χ3v) is 3.62. The van der Waals surface area contributed by atoms with Crippen LogP contribution in [0, 0.1) is 0 Å². The van der Waals surface area contributed by atoms with Crippen LogP contribution < -0.4 is 5.32 Å². The number of alkyl halides is 3. The van der Waals surface area contributed by atoms with Gasteiger partial charge in [-0.15, -0.1) is 0 Å². The van der Waals surface area contributed by atoms with Crippen molar-refractivity contribution in [3.63, 3.8) is 0 Å². The van der Waals surface area contributed by atoms with Crippen molar-refractivity contribution >= 4 is 5.91 Å². The Morgan fingerprint density at radius 1 is 1.55 bits per heavy atom. The smallest absolute Gasteiger partial charge is 0.385 e. The Morgan fingerprint density at radius 3 is 2.77 bits per heavy atom. The van der Waals surface area contributed by atoms with Gasteiger partial charge in [-0.2, -0.15) is 18.3 Å². The predicted molar refractivity (Wildman–Crippen MR) is 73.4 cm³/mol. The average molecular weight is 319 g/mol. The van der Waals surface area contributed by atoms with Crippen LogP contribution in [0.1, 0.15) is 49.5 Å². The van der Waals surface area contributed by atoms with E-state index in [4.69, 9.17) is 4.74 Å². The monoisotopic (exact) mass is 319 g/mol. The van der Waals surface area contributed by atoms with Crippen LogP contribution in [0.25, 0.3) is 0 Å². The number of nitrogens with one attached hydrogen (secondary N) is 1. The Balaban J connectivity index is 2.09. The van der Waals surface area contributed by atoms with Crippen LogP contribution in [0.15, 0.2) is 6.07 Å². The van der Waals surface area contributed by atoms with Gasteiger partial charge in [0.25, 0.3) is 0 Å². The van der Waals surface area contributed by atoms with Gasteiger partial charge in [0.1, 0.15) is 6.04 Å². The summed E-state index contributed by atoms with van der Waals surface area (Å²) in [6.45, 7) is 2.50. The first-order valence-corrected chi connectivity index (χ1v) is 7.28. The third-order valence-electron chi connectivity index (χ3n) is 3.62. The maximum Gasteiger partial charge on any atom is 0.435 e. The summed E-state index contributed by atoms with van der Waals surface area (Å²) < 4.78 is 44.6. The highest BCUT2D eigenvalue weighted by atomic mass is 19.4. The molecule has 1 aromatic heterocycles. The zero-order valence-corrected chi connectivity index (χ0v) is 12.6. The van der Waals surface area contributed by atoms with Gasteiger partial charge >= 0.3 is 6.18 Å². The number of hydrogen-bond donors (Lipinski definition) is 1. The summed E-state index contributed by atoms with van der Waals surface area (Å²) in [5.41, 5.74) is -0.444. The van der Waals surface area contributed by atoms with Crippen LogP contribution >= 0.6 is 0 Å². The van der Waals surface area contributed by atoms with Gasteiger partial charge in [-0.1, -0.05) is 0 Å². The number of carbonyl (C=O) groups excluding carboxylic acids is 1. The lowest BCUT2D eigenvalue weighted by Gasteiger charge is -2.15. The lowest BCUT2D eigenvalue weighted by atomic mass is 10.2. The first-order chi connectivity index (χ1) is 10.3. The van der Waals surface area contributed by atoms with E-state index < -0.39 is 17.9 Å². The molecule has 1 unspecified atom stereocenters. The van der Waals surface area contributed by atoms with E-state index in [0.717, 1.165) is 18.9 Å². The molecule has 0 saturated heterocycles. The van der Waals surface area contributed by atoms with Gasteiger partial charge in [0, 0.05) is 31.9 Å². The van der Waals surface area contributed by atoms with Gasteiger partial charge in [0.05, 0.1) is 0 Å². The molecular formula is C14H20F3N3O2. The molecule has 1 amide bonds. The van der Waals surface area contributed by atoms with E-state index in [9.17, 15) is 18.0 Å². The molecule has 0 aliphatic heterocycles. The van der Waals surface area contributed by atoms with Crippen molar-refractivity contribution in [1.82, 2.24) is 15.1 Å². The normalized spacial score (nSPS) is 16.6. The molecule has 1 aliphatic carbocycles. The van der Waals surface area contributed by atoms with E-state index in [1.165, 1.54) is 4.68 Å². The van der Waals surface area contributed by atoms with Crippen LogP contribution in [0.3, 0.4) is 0 Å². The summed E-state index contributed by atoms with van der Waals surface area (Å²) >= 11 is 0. The second-order valence-corrected chi connectivity index (χ2v) is 5.48. The molecule has 0 bridgehead atoms. The molecule has 0 radical (unpaired) electrons. The highest BCUT2D eigenvalue weighted by Crippen LogP contribution is 2.42. The van der Waals surface area contributed by atoms with Gasteiger partial charge in [-0.05, 0) is 32.3 Å². The van der Waals surface area contributed by atoms with Crippen LogP contribution in [0.5, 0.6) is 0 Å². The molecule has 0 spiro atoms. The van der Waals surface area contributed by atoms with E-state index in [1.807, 2.05) is 0 Å². The van der Waals surface area contributed by atoms with Crippen molar-refractivity contribution in [2.45, 2.75) is 44.3 Å².